The van der Waals surface area contributed by atoms with Gasteiger partial charge in [0.05, 0.1) is 7.11 Å². The molecule has 0 aliphatic rings. The van der Waals surface area contributed by atoms with E-state index in [9.17, 15) is 10.3 Å². The molecule has 0 saturated heterocycles. The molecule has 0 radical (unpaired) electrons. The molecule has 0 fully saturated rings. The van der Waals surface area contributed by atoms with E-state index in [0.29, 0.717) is 22.4 Å². The van der Waals surface area contributed by atoms with Gasteiger partial charge in [-0.3, -0.25) is 4.79 Å². The molecular formula is C21H17N3O2. The number of hydrogen-bond donors (Lipinski definition) is 0. The van der Waals surface area contributed by atoms with Crippen LogP contribution in [0.2, 0.25) is 0 Å². The molecule has 3 rings (SSSR count). The number of carbonyl (C=O) groups excluding carboxylic acids is 1. The number of Topliss-reactive ketones (excluding diaryl/α,β-unsaturated/α-hetero) is 1. The Morgan fingerprint density at radius 3 is 1.96 bits per heavy atom. The number of ketones is 1. The lowest BCUT2D eigenvalue weighted by atomic mass is 9.77. The number of benzene rings is 3. The number of rotatable bonds is 6. The fourth-order valence-corrected chi connectivity index (χ4v) is 2.97. The maximum atomic E-state index is 13.5. The van der Waals surface area contributed by atoms with Crippen molar-refractivity contribution in [3.8, 4) is 5.75 Å². The molecule has 1 atom stereocenters. The summed E-state index contributed by atoms with van der Waals surface area (Å²) in [6.45, 7) is 0. The molecule has 0 amide bonds. The lowest BCUT2D eigenvalue weighted by Gasteiger charge is -2.29. The summed E-state index contributed by atoms with van der Waals surface area (Å²) in [5, 5.41) is 4.02. The zero-order valence-corrected chi connectivity index (χ0v) is 14.2. The van der Waals surface area contributed by atoms with E-state index in [1.807, 2.05) is 24.3 Å². The van der Waals surface area contributed by atoms with Gasteiger partial charge < -0.3 is 4.74 Å². The normalized spacial score (nSPS) is 12.5. The molecule has 0 spiro atoms. The first kappa shape index (κ1) is 17.3. The van der Waals surface area contributed by atoms with Gasteiger partial charge in [-0.1, -0.05) is 77.9 Å². The average Bonchev–Trinajstić information content (AvgIpc) is 2.73. The Morgan fingerprint density at radius 2 is 1.42 bits per heavy atom. The van der Waals surface area contributed by atoms with Gasteiger partial charge in [-0.25, -0.2) is 0 Å². The van der Waals surface area contributed by atoms with Gasteiger partial charge in [0.1, 0.15) is 5.75 Å². The summed E-state index contributed by atoms with van der Waals surface area (Å²) in [7, 11) is 1.57. The fourth-order valence-electron chi connectivity index (χ4n) is 2.97. The standard InChI is InChI=1S/C21H17N3O2/c1-26-19-14-12-18(13-15-19)21(23-24-22,17-10-6-3-7-11-17)20(25)16-8-4-2-5-9-16/h2-15H,1H3. The van der Waals surface area contributed by atoms with Crippen LogP contribution in [0.15, 0.2) is 90.0 Å². The van der Waals surface area contributed by atoms with Crippen molar-refractivity contribution in [1.29, 1.82) is 0 Å². The zero-order valence-electron chi connectivity index (χ0n) is 14.2. The Labute approximate surface area is 151 Å². The monoisotopic (exact) mass is 343 g/mol. The molecule has 128 valence electrons. The SMILES string of the molecule is COc1ccc(C(N=[N+]=[N-])(C(=O)c2ccccc2)c2ccccc2)cc1. The quantitative estimate of drug-likeness (QED) is 0.269. The minimum Gasteiger partial charge on any atom is -0.497 e. The molecule has 3 aromatic carbocycles. The van der Waals surface area contributed by atoms with Crippen LogP contribution in [0.1, 0.15) is 21.5 Å². The highest BCUT2D eigenvalue weighted by Crippen LogP contribution is 2.38. The second-order valence-corrected chi connectivity index (χ2v) is 5.69. The Morgan fingerprint density at radius 1 is 0.885 bits per heavy atom. The van der Waals surface area contributed by atoms with Gasteiger partial charge >= 0.3 is 0 Å². The summed E-state index contributed by atoms with van der Waals surface area (Å²) < 4.78 is 5.20. The predicted molar refractivity (Wildman–Crippen MR) is 100 cm³/mol. The van der Waals surface area contributed by atoms with Gasteiger partial charge in [0.25, 0.3) is 0 Å². The molecule has 0 saturated carbocycles. The van der Waals surface area contributed by atoms with Crippen molar-refractivity contribution < 1.29 is 9.53 Å². The third-order valence-electron chi connectivity index (χ3n) is 4.26. The summed E-state index contributed by atoms with van der Waals surface area (Å²) in [4.78, 5) is 16.5. The smallest absolute Gasteiger partial charge is 0.183 e. The van der Waals surface area contributed by atoms with Crippen molar-refractivity contribution in [2.45, 2.75) is 5.54 Å². The van der Waals surface area contributed by atoms with Crippen LogP contribution in [0.4, 0.5) is 0 Å². The van der Waals surface area contributed by atoms with Crippen LogP contribution in [0, 0.1) is 0 Å². The van der Waals surface area contributed by atoms with Crippen molar-refractivity contribution >= 4 is 5.78 Å². The van der Waals surface area contributed by atoms with E-state index >= 15 is 0 Å². The lowest BCUT2D eigenvalue weighted by molar-refractivity contribution is 0.0915. The number of nitrogens with zero attached hydrogens (tertiary/aromatic N) is 3. The maximum Gasteiger partial charge on any atom is 0.183 e. The van der Waals surface area contributed by atoms with Crippen molar-refractivity contribution in [1.82, 2.24) is 0 Å². The number of hydrogen-bond acceptors (Lipinski definition) is 3. The number of ether oxygens (including phenoxy) is 1. The van der Waals surface area contributed by atoms with Crippen LogP contribution in [0.5, 0.6) is 5.75 Å². The van der Waals surface area contributed by atoms with E-state index < -0.39 is 5.54 Å². The van der Waals surface area contributed by atoms with E-state index in [1.54, 1.807) is 67.8 Å². The third kappa shape index (κ3) is 3.04. The Kier molecular flexibility index (Phi) is 5.02. The van der Waals surface area contributed by atoms with Crippen LogP contribution >= 0.6 is 0 Å². The highest BCUT2D eigenvalue weighted by atomic mass is 16.5. The van der Waals surface area contributed by atoms with E-state index in [4.69, 9.17) is 4.74 Å². The Bertz CT molecular complexity index is 934. The molecule has 0 aliphatic heterocycles. The Hall–Kier alpha value is -3.56. The minimum atomic E-state index is -1.50. The molecule has 0 bridgehead atoms. The van der Waals surface area contributed by atoms with Crippen molar-refractivity contribution in [2.24, 2.45) is 5.11 Å². The summed E-state index contributed by atoms with van der Waals surface area (Å²) in [5.41, 5.74) is 9.47. The first-order valence-corrected chi connectivity index (χ1v) is 8.08. The molecule has 5 heteroatoms. The number of methoxy groups -OCH3 is 1. The fraction of sp³-hybridized carbons (Fsp3) is 0.0952. The van der Waals surface area contributed by atoms with Crippen molar-refractivity contribution in [2.75, 3.05) is 7.11 Å². The summed E-state index contributed by atoms with van der Waals surface area (Å²) in [6, 6.07) is 24.9. The molecule has 5 nitrogen and oxygen atoms in total. The minimum absolute atomic E-state index is 0.285. The van der Waals surface area contributed by atoms with Crippen molar-refractivity contribution in [3.05, 3.63) is 112 Å². The van der Waals surface area contributed by atoms with Crippen molar-refractivity contribution in [3.63, 3.8) is 0 Å². The summed E-state index contributed by atoms with van der Waals surface area (Å²) in [5.74, 6) is 0.371. The Balaban J connectivity index is 2.29. The van der Waals surface area contributed by atoms with Gasteiger partial charge in [0.15, 0.2) is 11.3 Å². The highest BCUT2D eigenvalue weighted by Gasteiger charge is 2.41. The zero-order chi connectivity index (χ0) is 18.4. The molecule has 26 heavy (non-hydrogen) atoms. The highest BCUT2D eigenvalue weighted by molar-refractivity contribution is 6.06. The third-order valence-corrected chi connectivity index (χ3v) is 4.26. The first-order chi connectivity index (χ1) is 12.7. The number of carbonyl (C=O) groups is 1. The van der Waals surface area contributed by atoms with E-state index in [-0.39, 0.29) is 5.78 Å². The van der Waals surface area contributed by atoms with Crippen LogP contribution in [0.3, 0.4) is 0 Å². The molecule has 1 unspecified atom stereocenters. The van der Waals surface area contributed by atoms with Crippen LogP contribution in [-0.2, 0) is 5.54 Å². The topological polar surface area (TPSA) is 75.1 Å². The molecule has 0 aliphatic carbocycles. The van der Waals surface area contributed by atoms with E-state index in [0.717, 1.165) is 0 Å². The number of azide groups is 1. The second kappa shape index (κ2) is 7.55. The molecule has 0 heterocycles. The maximum absolute atomic E-state index is 13.5. The van der Waals surface area contributed by atoms with E-state index in [1.165, 1.54) is 0 Å². The molecule has 3 aromatic rings. The van der Waals surface area contributed by atoms with Gasteiger partial charge in [-0.05, 0) is 28.8 Å². The van der Waals surface area contributed by atoms with Crippen LogP contribution in [0.25, 0.3) is 10.4 Å². The van der Waals surface area contributed by atoms with Gasteiger partial charge in [0.2, 0.25) is 0 Å². The average molecular weight is 343 g/mol. The largest absolute Gasteiger partial charge is 0.497 e. The lowest BCUT2D eigenvalue weighted by Crippen LogP contribution is -2.35. The van der Waals surface area contributed by atoms with E-state index in [2.05, 4.69) is 10.0 Å². The summed E-state index contributed by atoms with van der Waals surface area (Å²) in [6.07, 6.45) is 0. The first-order valence-electron chi connectivity index (χ1n) is 8.08. The second-order valence-electron chi connectivity index (χ2n) is 5.69. The van der Waals surface area contributed by atoms with Gasteiger partial charge in [-0.15, -0.1) is 0 Å². The summed E-state index contributed by atoms with van der Waals surface area (Å²) >= 11 is 0. The molecular weight excluding hydrogens is 326 g/mol. The van der Waals surface area contributed by atoms with Crippen LogP contribution < -0.4 is 4.74 Å². The van der Waals surface area contributed by atoms with Gasteiger partial charge in [-0.2, -0.15) is 0 Å². The predicted octanol–water partition coefficient (Wildman–Crippen LogP) is 5.13. The van der Waals surface area contributed by atoms with Crippen LogP contribution in [-0.4, -0.2) is 12.9 Å². The van der Waals surface area contributed by atoms with Gasteiger partial charge in [0, 0.05) is 10.5 Å². The molecule has 0 N–H and O–H groups in total. The molecule has 0 aromatic heterocycles.